The minimum Gasteiger partial charge on any atom is -0.461 e. The molecule has 0 fully saturated rings. The molecule has 2 aromatic carbocycles. The van der Waals surface area contributed by atoms with Crippen LogP contribution >= 0.6 is 0 Å². The largest absolute Gasteiger partial charge is 0.461 e. The first-order valence-corrected chi connectivity index (χ1v) is 10.9. The maximum atomic E-state index is 12.3. The summed E-state index contributed by atoms with van der Waals surface area (Å²) in [5.41, 5.74) is 1.74. The maximum Gasteiger partial charge on any atom is 0.328 e. The second kappa shape index (κ2) is 14.4. The van der Waals surface area contributed by atoms with Crippen molar-refractivity contribution in [1.82, 2.24) is 10.6 Å². The van der Waals surface area contributed by atoms with Crippen molar-refractivity contribution in [3.05, 3.63) is 71.8 Å². The molecule has 8 nitrogen and oxygen atoms in total. The average molecular weight is 455 g/mol. The molecule has 0 aliphatic heterocycles. The lowest BCUT2D eigenvalue weighted by molar-refractivity contribution is -0.149. The van der Waals surface area contributed by atoms with Crippen LogP contribution in [0, 0.1) is 0 Å². The molecule has 0 heterocycles. The number of hydrogen-bond donors (Lipinski definition) is 2. The molecule has 0 aliphatic rings. The smallest absolute Gasteiger partial charge is 0.328 e. The van der Waals surface area contributed by atoms with E-state index in [1.54, 1.807) is 0 Å². The molecule has 0 radical (unpaired) electrons. The van der Waals surface area contributed by atoms with Gasteiger partial charge in [0.05, 0.1) is 0 Å². The van der Waals surface area contributed by atoms with Crippen LogP contribution in [0.25, 0.3) is 0 Å². The van der Waals surface area contributed by atoms with E-state index in [4.69, 9.17) is 9.47 Å². The zero-order chi connectivity index (χ0) is 23.9. The number of ether oxygens (including phenoxy) is 2. The molecule has 0 bridgehead atoms. The Morgan fingerprint density at radius 1 is 0.818 bits per heavy atom. The van der Waals surface area contributed by atoms with E-state index in [1.807, 2.05) is 60.7 Å². The molecular formula is C25H30N2O6. The second-order valence-corrected chi connectivity index (χ2v) is 7.48. The molecule has 2 N–H and O–H groups in total. The van der Waals surface area contributed by atoms with Gasteiger partial charge in [0.15, 0.2) is 0 Å². The molecule has 33 heavy (non-hydrogen) atoms. The number of benzene rings is 2. The first kappa shape index (κ1) is 25.6. The van der Waals surface area contributed by atoms with Gasteiger partial charge in [-0.25, -0.2) is 4.79 Å². The topological polar surface area (TPSA) is 111 Å². The molecule has 2 aromatic rings. The van der Waals surface area contributed by atoms with E-state index in [2.05, 4.69) is 10.6 Å². The van der Waals surface area contributed by atoms with Crippen molar-refractivity contribution < 1.29 is 28.7 Å². The van der Waals surface area contributed by atoms with E-state index < -0.39 is 12.0 Å². The lowest BCUT2D eigenvalue weighted by Crippen LogP contribution is -2.41. The molecule has 176 valence electrons. The molecule has 0 aromatic heterocycles. The summed E-state index contributed by atoms with van der Waals surface area (Å²) in [4.78, 5) is 47.7. The van der Waals surface area contributed by atoms with Crippen molar-refractivity contribution in [2.45, 2.75) is 51.9 Å². The van der Waals surface area contributed by atoms with Crippen LogP contribution in [0.5, 0.6) is 0 Å². The van der Waals surface area contributed by atoms with Crippen molar-refractivity contribution in [3.8, 4) is 0 Å². The number of hydrogen-bond acceptors (Lipinski definition) is 6. The summed E-state index contributed by atoms with van der Waals surface area (Å²) in [6, 6.07) is 17.7. The molecule has 8 heteroatoms. The molecule has 0 saturated heterocycles. The SMILES string of the molecule is CC(=O)N[C@@H](CCC(=O)NCCCC(=O)OCc1ccccc1)C(=O)OCc1ccccc1. The van der Waals surface area contributed by atoms with Crippen LogP contribution in [-0.4, -0.2) is 36.3 Å². The Balaban J connectivity index is 1.64. The first-order chi connectivity index (χ1) is 15.9. The van der Waals surface area contributed by atoms with E-state index >= 15 is 0 Å². The Hall–Kier alpha value is -3.68. The summed E-state index contributed by atoms with van der Waals surface area (Å²) >= 11 is 0. The minimum absolute atomic E-state index is 0.0316. The first-order valence-electron chi connectivity index (χ1n) is 10.9. The van der Waals surface area contributed by atoms with Crippen molar-refractivity contribution in [3.63, 3.8) is 0 Å². The van der Waals surface area contributed by atoms with Gasteiger partial charge in [0.1, 0.15) is 19.3 Å². The molecule has 0 saturated carbocycles. The van der Waals surface area contributed by atoms with Gasteiger partial charge in [-0.05, 0) is 24.0 Å². The Kier molecular flexibility index (Phi) is 11.2. The summed E-state index contributed by atoms with van der Waals surface area (Å²) in [5.74, 6) is -1.59. The van der Waals surface area contributed by atoms with Crippen LogP contribution in [0.3, 0.4) is 0 Å². The van der Waals surface area contributed by atoms with Crippen LogP contribution in [0.15, 0.2) is 60.7 Å². The lowest BCUT2D eigenvalue weighted by atomic mass is 10.1. The number of carbonyl (C=O) groups excluding carboxylic acids is 4. The van der Waals surface area contributed by atoms with Crippen molar-refractivity contribution in [1.29, 1.82) is 0 Å². The summed E-state index contributed by atoms with van der Waals surface area (Å²) in [7, 11) is 0. The Labute approximate surface area is 193 Å². The predicted molar refractivity (Wildman–Crippen MR) is 122 cm³/mol. The van der Waals surface area contributed by atoms with Gasteiger partial charge in [-0.15, -0.1) is 0 Å². The molecule has 1 atom stereocenters. The average Bonchev–Trinajstić information content (AvgIpc) is 2.82. The summed E-state index contributed by atoms with van der Waals surface area (Å²) in [5, 5.41) is 5.23. The molecule has 0 aliphatic carbocycles. The van der Waals surface area contributed by atoms with Gasteiger partial charge in [0.25, 0.3) is 0 Å². The Morgan fingerprint density at radius 2 is 1.39 bits per heavy atom. The number of esters is 2. The van der Waals surface area contributed by atoms with Gasteiger partial charge < -0.3 is 20.1 Å². The number of rotatable bonds is 13. The fourth-order valence-electron chi connectivity index (χ4n) is 2.96. The Bertz CT molecular complexity index is 902. The van der Waals surface area contributed by atoms with Crippen LogP contribution in [0.2, 0.25) is 0 Å². The van der Waals surface area contributed by atoms with Crippen molar-refractivity contribution in [2.24, 2.45) is 0 Å². The van der Waals surface area contributed by atoms with Gasteiger partial charge in [0, 0.05) is 26.3 Å². The molecule has 2 amide bonds. The highest BCUT2D eigenvalue weighted by Crippen LogP contribution is 2.06. The zero-order valence-corrected chi connectivity index (χ0v) is 18.8. The standard InChI is InChI=1S/C25H30N2O6/c1-19(28)27-22(25(31)33-18-21-11-6-3-7-12-21)14-15-23(29)26-16-8-13-24(30)32-17-20-9-4-2-5-10-20/h2-7,9-12,22H,8,13-18H2,1H3,(H,26,29)(H,27,28)/t22-/m0/s1. The lowest BCUT2D eigenvalue weighted by Gasteiger charge is -2.16. The predicted octanol–water partition coefficient (Wildman–Crippen LogP) is 2.65. The van der Waals surface area contributed by atoms with Crippen molar-refractivity contribution in [2.75, 3.05) is 6.54 Å². The van der Waals surface area contributed by atoms with Crippen LogP contribution in [0.4, 0.5) is 0 Å². The fourth-order valence-corrected chi connectivity index (χ4v) is 2.96. The maximum absolute atomic E-state index is 12.3. The third kappa shape index (κ3) is 11.0. The minimum atomic E-state index is -0.912. The normalized spacial score (nSPS) is 11.2. The van der Waals surface area contributed by atoms with Crippen LogP contribution in [0.1, 0.15) is 43.7 Å². The summed E-state index contributed by atoms with van der Waals surface area (Å²) in [6.45, 7) is 1.91. The van der Waals surface area contributed by atoms with Crippen LogP contribution in [-0.2, 0) is 41.9 Å². The van der Waals surface area contributed by atoms with E-state index in [0.717, 1.165) is 11.1 Å². The van der Waals surface area contributed by atoms with Gasteiger partial charge in [-0.2, -0.15) is 0 Å². The quantitative estimate of drug-likeness (QED) is 0.356. The molecule has 0 spiro atoms. The molecule has 0 unspecified atom stereocenters. The summed E-state index contributed by atoms with van der Waals surface area (Å²) in [6.07, 6.45) is 0.767. The third-order valence-electron chi connectivity index (χ3n) is 4.67. The van der Waals surface area contributed by atoms with E-state index in [9.17, 15) is 19.2 Å². The second-order valence-electron chi connectivity index (χ2n) is 7.48. The summed E-state index contributed by atoms with van der Waals surface area (Å²) < 4.78 is 10.5. The van der Waals surface area contributed by atoms with E-state index in [0.29, 0.717) is 13.0 Å². The molecular weight excluding hydrogens is 424 g/mol. The van der Waals surface area contributed by atoms with E-state index in [1.165, 1.54) is 6.92 Å². The third-order valence-corrected chi connectivity index (χ3v) is 4.67. The molecule has 2 rings (SSSR count). The highest BCUT2D eigenvalue weighted by atomic mass is 16.5. The Morgan fingerprint density at radius 3 is 1.97 bits per heavy atom. The monoisotopic (exact) mass is 454 g/mol. The van der Waals surface area contributed by atoms with Gasteiger partial charge in [-0.3, -0.25) is 14.4 Å². The van der Waals surface area contributed by atoms with Crippen LogP contribution < -0.4 is 10.6 Å². The van der Waals surface area contributed by atoms with E-state index in [-0.39, 0.29) is 50.3 Å². The zero-order valence-electron chi connectivity index (χ0n) is 18.8. The van der Waals surface area contributed by atoms with Gasteiger partial charge in [-0.1, -0.05) is 60.7 Å². The highest BCUT2D eigenvalue weighted by molar-refractivity contribution is 5.84. The number of carbonyl (C=O) groups is 4. The highest BCUT2D eigenvalue weighted by Gasteiger charge is 2.22. The van der Waals surface area contributed by atoms with Gasteiger partial charge >= 0.3 is 11.9 Å². The van der Waals surface area contributed by atoms with Gasteiger partial charge in [0.2, 0.25) is 11.8 Å². The fraction of sp³-hybridized carbons (Fsp3) is 0.360. The number of nitrogens with one attached hydrogen (secondary N) is 2. The van der Waals surface area contributed by atoms with Crippen molar-refractivity contribution >= 4 is 23.8 Å². The number of amides is 2.